The molecule has 1 heterocycles. The van der Waals surface area contributed by atoms with Crippen LogP contribution in [0, 0.1) is 4.91 Å². The number of nitroso groups, excluding NO2 is 1. The Balaban J connectivity index is 1.85. The molecule has 1 N–H and O–H groups in total. The highest BCUT2D eigenvalue weighted by Gasteiger charge is 2.55. The zero-order valence-electron chi connectivity index (χ0n) is 16.0. The highest BCUT2D eigenvalue weighted by atomic mass is 16.6. The van der Waals surface area contributed by atoms with Gasteiger partial charge in [-0.15, -0.1) is 4.91 Å². The summed E-state index contributed by atoms with van der Waals surface area (Å²) in [5, 5.41) is 12.7. The standard InChI is InChI=1S/C20H26N2O5/c1-18(2,3)27-17(25)22-10-8-19(9-11-22)13-20(21-26,12-16(23)24)15-7-5-4-6-14(15)19/h4-7H,8-13H2,1-3H3,(H,23,24). The summed E-state index contributed by atoms with van der Waals surface area (Å²) in [6.07, 6.45) is 1.02. The second-order valence-electron chi connectivity index (χ2n) is 8.66. The summed E-state index contributed by atoms with van der Waals surface area (Å²) in [5.41, 5.74) is -0.415. The Morgan fingerprint density at radius 2 is 1.78 bits per heavy atom. The van der Waals surface area contributed by atoms with Crippen LogP contribution in [-0.2, 0) is 20.5 Å². The molecule has 1 amide bonds. The lowest BCUT2D eigenvalue weighted by Gasteiger charge is -2.40. The van der Waals surface area contributed by atoms with E-state index in [1.165, 1.54) is 0 Å². The predicted octanol–water partition coefficient (Wildman–Crippen LogP) is 3.80. The van der Waals surface area contributed by atoms with E-state index < -0.39 is 17.1 Å². The van der Waals surface area contributed by atoms with Crippen molar-refractivity contribution >= 4 is 12.1 Å². The zero-order chi connectivity index (χ0) is 19.9. The number of likely N-dealkylation sites (tertiary alicyclic amines) is 1. The van der Waals surface area contributed by atoms with Gasteiger partial charge in [0.25, 0.3) is 0 Å². The van der Waals surface area contributed by atoms with Gasteiger partial charge in [-0.05, 0) is 51.2 Å². The van der Waals surface area contributed by atoms with Gasteiger partial charge in [0.05, 0.1) is 6.42 Å². The Labute approximate surface area is 158 Å². The minimum atomic E-state index is -1.24. The van der Waals surface area contributed by atoms with Gasteiger partial charge in [-0.25, -0.2) is 4.79 Å². The summed E-state index contributed by atoms with van der Waals surface area (Å²) < 4.78 is 5.45. The van der Waals surface area contributed by atoms with Gasteiger partial charge >= 0.3 is 12.1 Å². The summed E-state index contributed by atoms with van der Waals surface area (Å²) in [5.74, 6) is -1.03. The van der Waals surface area contributed by atoms with Crippen molar-refractivity contribution in [2.75, 3.05) is 13.1 Å². The summed E-state index contributed by atoms with van der Waals surface area (Å²) in [4.78, 5) is 37.2. The minimum Gasteiger partial charge on any atom is -0.481 e. The Morgan fingerprint density at radius 1 is 1.19 bits per heavy atom. The maximum atomic E-state index is 12.3. The number of nitrogens with zero attached hydrogens (tertiary/aromatic N) is 2. The van der Waals surface area contributed by atoms with E-state index in [1.807, 2.05) is 45.0 Å². The van der Waals surface area contributed by atoms with E-state index in [-0.39, 0.29) is 17.9 Å². The van der Waals surface area contributed by atoms with E-state index in [0.717, 1.165) is 5.56 Å². The van der Waals surface area contributed by atoms with Crippen LogP contribution in [0.5, 0.6) is 0 Å². The fourth-order valence-electron chi connectivity index (χ4n) is 4.51. The Hall–Kier alpha value is -2.44. The van der Waals surface area contributed by atoms with Crippen molar-refractivity contribution in [3.63, 3.8) is 0 Å². The molecule has 1 aliphatic carbocycles. The molecule has 1 aromatic rings. The van der Waals surface area contributed by atoms with Crippen LogP contribution in [0.3, 0.4) is 0 Å². The van der Waals surface area contributed by atoms with Crippen molar-refractivity contribution in [2.45, 2.75) is 63.0 Å². The number of aliphatic carboxylic acids is 1. The average Bonchev–Trinajstić information content (AvgIpc) is 2.84. The molecule has 0 aromatic heterocycles. The molecule has 1 unspecified atom stereocenters. The molecule has 1 atom stereocenters. The lowest BCUT2D eigenvalue weighted by atomic mass is 9.72. The van der Waals surface area contributed by atoms with Crippen molar-refractivity contribution in [1.29, 1.82) is 0 Å². The first kappa shape index (κ1) is 19.3. The van der Waals surface area contributed by atoms with Gasteiger partial charge in [0, 0.05) is 18.5 Å². The molecule has 0 saturated carbocycles. The molecule has 7 nitrogen and oxygen atoms in total. The molecular weight excluding hydrogens is 348 g/mol. The lowest BCUT2D eigenvalue weighted by molar-refractivity contribution is -0.138. The summed E-state index contributed by atoms with van der Waals surface area (Å²) >= 11 is 0. The number of fused-ring (bicyclic) bond motifs is 2. The van der Waals surface area contributed by atoms with E-state index in [1.54, 1.807) is 4.90 Å². The third-order valence-electron chi connectivity index (χ3n) is 5.62. The van der Waals surface area contributed by atoms with Crippen molar-refractivity contribution < 1.29 is 19.4 Å². The largest absolute Gasteiger partial charge is 0.481 e. The molecule has 146 valence electrons. The normalized spacial score (nSPS) is 23.7. The predicted molar refractivity (Wildman–Crippen MR) is 99.5 cm³/mol. The number of amides is 1. The molecular formula is C20H26N2O5. The van der Waals surface area contributed by atoms with Crippen LogP contribution in [-0.4, -0.2) is 40.8 Å². The molecule has 0 bridgehead atoms. The van der Waals surface area contributed by atoms with Crippen molar-refractivity contribution in [1.82, 2.24) is 4.90 Å². The van der Waals surface area contributed by atoms with Crippen molar-refractivity contribution in [2.24, 2.45) is 5.18 Å². The number of rotatable bonds is 3. The molecule has 2 aliphatic rings. The summed E-state index contributed by atoms with van der Waals surface area (Å²) in [6.45, 7) is 6.51. The van der Waals surface area contributed by atoms with Crippen LogP contribution in [0.15, 0.2) is 29.4 Å². The molecule has 1 spiro atoms. The third-order valence-corrected chi connectivity index (χ3v) is 5.62. The second-order valence-corrected chi connectivity index (χ2v) is 8.66. The average molecular weight is 374 g/mol. The quantitative estimate of drug-likeness (QED) is 0.812. The first-order valence-corrected chi connectivity index (χ1v) is 9.25. The highest BCUT2D eigenvalue weighted by Crippen LogP contribution is 2.56. The fraction of sp³-hybridized carbons (Fsp3) is 0.600. The molecule has 1 aliphatic heterocycles. The lowest BCUT2D eigenvalue weighted by Crippen LogP contribution is -2.46. The van der Waals surface area contributed by atoms with Gasteiger partial charge in [0.1, 0.15) is 11.1 Å². The number of ether oxygens (including phenoxy) is 1. The second kappa shape index (κ2) is 6.62. The molecule has 1 saturated heterocycles. The van der Waals surface area contributed by atoms with Crippen LogP contribution in [0.4, 0.5) is 4.79 Å². The Bertz CT molecular complexity index is 762. The van der Waals surface area contributed by atoms with Crippen LogP contribution >= 0.6 is 0 Å². The van der Waals surface area contributed by atoms with Gasteiger partial charge in [-0.1, -0.05) is 29.4 Å². The first-order valence-electron chi connectivity index (χ1n) is 9.25. The smallest absolute Gasteiger partial charge is 0.410 e. The minimum absolute atomic E-state index is 0.314. The van der Waals surface area contributed by atoms with E-state index in [0.29, 0.717) is 37.9 Å². The third kappa shape index (κ3) is 3.55. The van der Waals surface area contributed by atoms with Crippen molar-refractivity contribution in [3.05, 3.63) is 40.3 Å². The number of piperidine rings is 1. The molecule has 1 fully saturated rings. The van der Waals surface area contributed by atoms with Gasteiger partial charge in [-0.3, -0.25) is 4.79 Å². The number of carbonyl (C=O) groups is 2. The molecule has 1 aromatic carbocycles. The number of hydrogen-bond donors (Lipinski definition) is 1. The summed E-state index contributed by atoms with van der Waals surface area (Å²) in [6, 6.07) is 7.50. The van der Waals surface area contributed by atoms with Gasteiger partial charge in [-0.2, -0.15) is 0 Å². The molecule has 0 radical (unpaired) electrons. The number of carbonyl (C=O) groups excluding carboxylic acids is 1. The number of carboxylic acids is 1. The number of carboxylic acid groups (broad SMARTS) is 1. The monoisotopic (exact) mass is 374 g/mol. The van der Waals surface area contributed by atoms with Crippen LogP contribution < -0.4 is 0 Å². The molecule has 3 rings (SSSR count). The maximum absolute atomic E-state index is 12.3. The van der Waals surface area contributed by atoms with E-state index in [2.05, 4.69) is 5.18 Å². The summed E-state index contributed by atoms with van der Waals surface area (Å²) in [7, 11) is 0. The number of hydrogen-bond acceptors (Lipinski definition) is 5. The SMILES string of the molecule is CC(C)(C)OC(=O)N1CCC2(CC1)CC(CC(=O)O)(N=O)c1ccccc12. The Kier molecular flexibility index (Phi) is 4.74. The van der Waals surface area contributed by atoms with Crippen LogP contribution in [0.2, 0.25) is 0 Å². The number of benzene rings is 1. The van der Waals surface area contributed by atoms with Gasteiger partial charge in [0.2, 0.25) is 0 Å². The zero-order valence-corrected chi connectivity index (χ0v) is 16.0. The van der Waals surface area contributed by atoms with Gasteiger partial charge in [0.15, 0.2) is 0 Å². The fourth-order valence-corrected chi connectivity index (χ4v) is 4.51. The highest BCUT2D eigenvalue weighted by molar-refractivity contribution is 5.70. The topological polar surface area (TPSA) is 96.3 Å². The van der Waals surface area contributed by atoms with Crippen LogP contribution in [0.1, 0.15) is 57.6 Å². The van der Waals surface area contributed by atoms with E-state index >= 15 is 0 Å². The maximum Gasteiger partial charge on any atom is 0.410 e. The van der Waals surface area contributed by atoms with Gasteiger partial charge < -0.3 is 14.7 Å². The first-order chi connectivity index (χ1) is 12.6. The molecule has 27 heavy (non-hydrogen) atoms. The van der Waals surface area contributed by atoms with Crippen molar-refractivity contribution in [3.8, 4) is 0 Å². The Morgan fingerprint density at radius 3 is 2.30 bits per heavy atom. The van der Waals surface area contributed by atoms with E-state index in [9.17, 15) is 19.6 Å². The van der Waals surface area contributed by atoms with Crippen LogP contribution in [0.25, 0.3) is 0 Å². The molecule has 7 heteroatoms. The van der Waals surface area contributed by atoms with E-state index in [4.69, 9.17) is 4.74 Å².